The number of nitriles is 1. The molecule has 0 aromatic heterocycles. The van der Waals surface area contributed by atoms with Gasteiger partial charge in [-0.05, 0) is 37.6 Å². The Morgan fingerprint density at radius 3 is 2.65 bits per heavy atom. The number of amides is 2. The molecule has 0 saturated carbocycles. The van der Waals surface area contributed by atoms with Gasteiger partial charge < -0.3 is 15.3 Å². The molecule has 6 nitrogen and oxygen atoms in total. The molecule has 1 aromatic rings. The Hall–Kier alpha value is -2.55. The minimum absolute atomic E-state index is 0.208. The zero-order chi connectivity index (χ0) is 15.1. The number of carbonyl (C=O) groups is 2. The Kier molecular flexibility index (Phi) is 5.54. The molecule has 20 heavy (non-hydrogen) atoms. The van der Waals surface area contributed by atoms with Crippen LogP contribution in [-0.4, -0.2) is 35.1 Å². The van der Waals surface area contributed by atoms with E-state index in [-0.39, 0.29) is 18.0 Å². The molecule has 1 aromatic carbocycles. The standard InChI is InChI=1S/C14H17N3O3/c1-3-17(8-4-7-15)14(20)16-11-5-6-12(13(18)19)10(2)9-11/h5-6,9H,3-4,8H2,1-2H3,(H,16,20)(H,18,19). The predicted molar refractivity (Wildman–Crippen MR) is 74.6 cm³/mol. The summed E-state index contributed by atoms with van der Waals surface area (Å²) in [6, 6.07) is 6.31. The van der Waals surface area contributed by atoms with Crippen molar-refractivity contribution >= 4 is 17.7 Å². The molecule has 0 aliphatic carbocycles. The first-order chi connectivity index (χ1) is 9.49. The second-order valence-electron chi connectivity index (χ2n) is 4.25. The Morgan fingerprint density at radius 1 is 1.45 bits per heavy atom. The fourth-order valence-electron chi connectivity index (χ4n) is 1.77. The Bertz CT molecular complexity index is 549. The van der Waals surface area contributed by atoms with E-state index in [1.165, 1.54) is 11.0 Å². The van der Waals surface area contributed by atoms with Gasteiger partial charge >= 0.3 is 12.0 Å². The van der Waals surface area contributed by atoms with Crippen LogP contribution in [0.3, 0.4) is 0 Å². The van der Waals surface area contributed by atoms with Gasteiger partial charge in [-0.3, -0.25) is 0 Å². The minimum atomic E-state index is -0.996. The molecule has 0 aliphatic heterocycles. The lowest BCUT2D eigenvalue weighted by Crippen LogP contribution is -2.35. The van der Waals surface area contributed by atoms with Gasteiger partial charge in [0, 0.05) is 18.8 Å². The van der Waals surface area contributed by atoms with Gasteiger partial charge in [0.25, 0.3) is 0 Å². The highest BCUT2D eigenvalue weighted by Gasteiger charge is 2.12. The lowest BCUT2D eigenvalue weighted by Gasteiger charge is -2.20. The summed E-state index contributed by atoms with van der Waals surface area (Å²) in [5, 5.41) is 20.2. The third-order valence-corrected chi connectivity index (χ3v) is 2.87. The maximum absolute atomic E-state index is 12.0. The van der Waals surface area contributed by atoms with Crippen molar-refractivity contribution in [1.82, 2.24) is 4.90 Å². The number of hydrogen-bond donors (Lipinski definition) is 2. The van der Waals surface area contributed by atoms with Crippen molar-refractivity contribution in [3.05, 3.63) is 29.3 Å². The van der Waals surface area contributed by atoms with Crippen molar-refractivity contribution in [2.75, 3.05) is 18.4 Å². The second kappa shape index (κ2) is 7.14. The monoisotopic (exact) mass is 275 g/mol. The van der Waals surface area contributed by atoms with Gasteiger partial charge in [0.15, 0.2) is 0 Å². The van der Waals surface area contributed by atoms with E-state index in [4.69, 9.17) is 10.4 Å². The lowest BCUT2D eigenvalue weighted by molar-refractivity contribution is 0.0696. The zero-order valence-electron chi connectivity index (χ0n) is 11.5. The van der Waals surface area contributed by atoms with Crippen LogP contribution in [0.4, 0.5) is 10.5 Å². The third-order valence-electron chi connectivity index (χ3n) is 2.87. The van der Waals surface area contributed by atoms with Crippen LogP contribution in [0.5, 0.6) is 0 Å². The maximum atomic E-state index is 12.0. The molecule has 106 valence electrons. The van der Waals surface area contributed by atoms with E-state index in [2.05, 4.69) is 5.32 Å². The van der Waals surface area contributed by atoms with Crippen LogP contribution in [0, 0.1) is 18.3 Å². The number of carboxylic acids is 1. The van der Waals surface area contributed by atoms with E-state index in [9.17, 15) is 9.59 Å². The normalized spacial score (nSPS) is 9.65. The Morgan fingerprint density at radius 2 is 2.15 bits per heavy atom. The number of nitrogens with zero attached hydrogens (tertiary/aromatic N) is 2. The third kappa shape index (κ3) is 3.99. The van der Waals surface area contributed by atoms with Crippen molar-refractivity contribution in [2.45, 2.75) is 20.3 Å². The number of carbonyl (C=O) groups excluding carboxylic acids is 1. The predicted octanol–water partition coefficient (Wildman–Crippen LogP) is 2.46. The average molecular weight is 275 g/mol. The van der Waals surface area contributed by atoms with Crippen LogP contribution in [0.15, 0.2) is 18.2 Å². The van der Waals surface area contributed by atoms with Crippen LogP contribution in [0.25, 0.3) is 0 Å². The summed E-state index contributed by atoms with van der Waals surface area (Å²) in [5.41, 5.74) is 1.32. The number of urea groups is 1. The van der Waals surface area contributed by atoms with E-state index >= 15 is 0 Å². The first kappa shape index (κ1) is 15.5. The highest BCUT2D eigenvalue weighted by Crippen LogP contribution is 2.15. The highest BCUT2D eigenvalue weighted by molar-refractivity contribution is 5.92. The Balaban J connectivity index is 2.78. The summed E-state index contributed by atoms with van der Waals surface area (Å²) in [7, 11) is 0. The van der Waals surface area contributed by atoms with Crippen LogP contribution in [0.2, 0.25) is 0 Å². The molecule has 1 rings (SSSR count). The molecular weight excluding hydrogens is 258 g/mol. The number of nitrogens with one attached hydrogen (secondary N) is 1. The molecule has 0 saturated heterocycles. The van der Waals surface area contributed by atoms with Gasteiger partial charge in [-0.15, -0.1) is 0 Å². The van der Waals surface area contributed by atoms with Gasteiger partial charge in [0.2, 0.25) is 0 Å². The van der Waals surface area contributed by atoms with Crippen molar-refractivity contribution < 1.29 is 14.7 Å². The van der Waals surface area contributed by atoms with Gasteiger partial charge in [-0.2, -0.15) is 5.26 Å². The molecule has 0 radical (unpaired) electrons. The van der Waals surface area contributed by atoms with Crippen molar-refractivity contribution in [3.8, 4) is 6.07 Å². The van der Waals surface area contributed by atoms with E-state index in [0.29, 0.717) is 24.3 Å². The highest BCUT2D eigenvalue weighted by atomic mass is 16.4. The maximum Gasteiger partial charge on any atom is 0.335 e. The number of hydrogen-bond acceptors (Lipinski definition) is 3. The summed E-state index contributed by atoms with van der Waals surface area (Å²) in [6.45, 7) is 4.37. The van der Waals surface area contributed by atoms with Crippen molar-refractivity contribution in [2.24, 2.45) is 0 Å². The van der Waals surface area contributed by atoms with E-state index in [1.54, 1.807) is 19.1 Å². The molecular formula is C14H17N3O3. The first-order valence-corrected chi connectivity index (χ1v) is 6.26. The average Bonchev–Trinajstić information content (AvgIpc) is 2.39. The van der Waals surface area contributed by atoms with Crippen LogP contribution in [0.1, 0.15) is 29.3 Å². The summed E-state index contributed by atoms with van der Waals surface area (Å²) in [6.07, 6.45) is 0.276. The molecule has 2 N–H and O–H groups in total. The molecule has 2 amide bonds. The van der Waals surface area contributed by atoms with Crippen LogP contribution >= 0.6 is 0 Å². The minimum Gasteiger partial charge on any atom is -0.478 e. The van der Waals surface area contributed by atoms with Crippen LogP contribution < -0.4 is 5.32 Å². The Labute approximate surface area is 117 Å². The van der Waals surface area contributed by atoms with Crippen LogP contribution in [-0.2, 0) is 0 Å². The fourth-order valence-corrected chi connectivity index (χ4v) is 1.77. The summed E-state index contributed by atoms with van der Waals surface area (Å²) in [4.78, 5) is 24.4. The van der Waals surface area contributed by atoms with E-state index in [0.717, 1.165) is 0 Å². The number of anilines is 1. The first-order valence-electron chi connectivity index (χ1n) is 6.26. The number of aromatic carboxylic acids is 1. The van der Waals surface area contributed by atoms with E-state index in [1.807, 2.05) is 13.0 Å². The molecule has 0 fully saturated rings. The molecule has 0 bridgehead atoms. The summed E-state index contributed by atoms with van der Waals surface area (Å²) in [5.74, 6) is -0.996. The lowest BCUT2D eigenvalue weighted by atomic mass is 10.1. The van der Waals surface area contributed by atoms with Gasteiger partial charge in [-0.1, -0.05) is 0 Å². The number of carboxylic acid groups (broad SMARTS) is 1. The smallest absolute Gasteiger partial charge is 0.335 e. The van der Waals surface area contributed by atoms with E-state index < -0.39 is 5.97 Å². The zero-order valence-corrected chi connectivity index (χ0v) is 11.5. The molecule has 0 spiro atoms. The number of benzene rings is 1. The summed E-state index contributed by atoms with van der Waals surface area (Å²) >= 11 is 0. The van der Waals surface area contributed by atoms with Crippen molar-refractivity contribution in [3.63, 3.8) is 0 Å². The summed E-state index contributed by atoms with van der Waals surface area (Å²) < 4.78 is 0. The van der Waals surface area contributed by atoms with Gasteiger partial charge in [0.1, 0.15) is 0 Å². The van der Waals surface area contributed by atoms with Gasteiger partial charge in [0.05, 0.1) is 18.1 Å². The quantitative estimate of drug-likeness (QED) is 0.863. The second-order valence-corrected chi connectivity index (χ2v) is 4.25. The largest absolute Gasteiger partial charge is 0.478 e. The number of aryl methyl sites for hydroxylation is 1. The molecule has 0 atom stereocenters. The molecule has 6 heteroatoms. The molecule has 0 aliphatic rings. The number of rotatable bonds is 5. The molecule has 0 heterocycles. The molecule has 0 unspecified atom stereocenters. The van der Waals surface area contributed by atoms with Crippen molar-refractivity contribution in [1.29, 1.82) is 5.26 Å². The fraction of sp³-hybridized carbons (Fsp3) is 0.357. The topological polar surface area (TPSA) is 93.4 Å². The van der Waals surface area contributed by atoms with Gasteiger partial charge in [-0.25, -0.2) is 9.59 Å². The SMILES string of the molecule is CCN(CCC#N)C(=O)Nc1ccc(C(=O)O)c(C)c1.